The highest BCUT2D eigenvalue weighted by Crippen LogP contribution is 2.49. The number of nitro groups is 1. The predicted molar refractivity (Wildman–Crippen MR) is 118 cm³/mol. The lowest BCUT2D eigenvalue weighted by atomic mass is 9.86. The van der Waals surface area contributed by atoms with Crippen LogP contribution in [0.15, 0.2) is 41.6 Å². The van der Waals surface area contributed by atoms with Gasteiger partial charge < -0.3 is 10.2 Å². The first-order valence-electron chi connectivity index (χ1n) is 9.46. The van der Waals surface area contributed by atoms with Crippen molar-refractivity contribution in [2.24, 2.45) is 5.16 Å². The summed E-state index contributed by atoms with van der Waals surface area (Å²) in [5.41, 5.74) is -4.11. The maximum atomic E-state index is 14.1. The van der Waals surface area contributed by atoms with E-state index in [0.29, 0.717) is 11.5 Å². The van der Waals surface area contributed by atoms with Gasteiger partial charge in [0.15, 0.2) is 0 Å². The first-order chi connectivity index (χ1) is 15.5. The fourth-order valence-corrected chi connectivity index (χ4v) is 4.65. The zero-order chi connectivity index (χ0) is 24.0. The molecule has 0 aliphatic carbocycles. The molecule has 1 saturated heterocycles. The maximum absolute atomic E-state index is 14.1. The van der Waals surface area contributed by atoms with Gasteiger partial charge in [-0.25, -0.2) is 0 Å². The van der Waals surface area contributed by atoms with Crippen LogP contribution in [-0.4, -0.2) is 40.3 Å². The van der Waals surface area contributed by atoms with Gasteiger partial charge in [0, 0.05) is 51.2 Å². The van der Waals surface area contributed by atoms with Crippen molar-refractivity contribution >= 4 is 52.3 Å². The van der Waals surface area contributed by atoms with Crippen LogP contribution < -0.4 is 5.32 Å². The topological polar surface area (TPSA) is 93.8 Å². The molecule has 0 radical (unpaired) electrons. The number of rotatable bonds is 5. The number of hydrogen-bond acceptors (Lipinski definition) is 6. The molecule has 1 atom stereocenters. The Hall–Kier alpha value is -2.50. The Labute approximate surface area is 199 Å². The van der Waals surface area contributed by atoms with Crippen LogP contribution in [0.4, 0.5) is 18.9 Å². The van der Waals surface area contributed by atoms with Gasteiger partial charge in [-0.15, -0.1) is 0 Å². The third kappa shape index (κ3) is 4.49. The molecule has 1 amide bonds. The second-order valence-electron chi connectivity index (χ2n) is 7.49. The number of carbonyl (C=O) groups excluding carboxylic acids is 1. The minimum Gasteiger partial charge on any atom is -0.374 e. The molecule has 2 aliphatic heterocycles. The molecule has 174 valence electrons. The first kappa shape index (κ1) is 23.7. The molecular weight excluding hydrogens is 506 g/mol. The summed E-state index contributed by atoms with van der Waals surface area (Å²) in [5, 5.41) is 17.8. The minimum absolute atomic E-state index is 0.0194. The average Bonchev–Trinajstić information content (AvgIpc) is 3.16. The summed E-state index contributed by atoms with van der Waals surface area (Å²) in [6, 6.07) is 6.87. The number of hydrogen-bond donors (Lipinski definition) is 1. The summed E-state index contributed by atoms with van der Waals surface area (Å²) in [6.45, 7) is 0. The first-order valence-corrected chi connectivity index (χ1v) is 11.4. The largest absolute Gasteiger partial charge is 0.435 e. The Morgan fingerprint density at radius 2 is 1.88 bits per heavy atom. The second kappa shape index (κ2) is 8.69. The number of thioether (sulfide) groups is 1. The Morgan fingerprint density at radius 1 is 1.21 bits per heavy atom. The highest BCUT2D eigenvalue weighted by Gasteiger charge is 2.62. The Morgan fingerprint density at radius 3 is 2.42 bits per heavy atom. The minimum atomic E-state index is -4.90. The van der Waals surface area contributed by atoms with Crippen molar-refractivity contribution in [1.82, 2.24) is 5.32 Å². The van der Waals surface area contributed by atoms with E-state index in [0.717, 1.165) is 18.2 Å². The van der Waals surface area contributed by atoms with E-state index in [1.165, 1.54) is 18.2 Å². The smallest absolute Gasteiger partial charge is 0.374 e. The van der Waals surface area contributed by atoms with Gasteiger partial charge >= 0.3 is 6.18 Å². The number of amides is 1. The van der Waals surface area contributed by atoms with E-state index >= 15 is 0 Å². The standard InChI is InChI=1S/C20H14Cl2F3N3O4S/c21-12-4-11(5-13(22)6-12)19(20(23,24)25)7-16(27-32-19)10-1-2-15(17(3-10)28(30)31)18(29)26-14-8-33-9-14/h1-6,14H,7-9H2,(H,26,29). The molecular formula is C20H14Cl2F3N3O4S. The Bertz CT molecular complexity index is 1150. The lowest BCUT2D eigenvalue weighted by Gasteiger charge is -2.29. The highest BCUT2D eigenvalue weighted by molar-refractivity contribution is 8.00. The number of oxime groups is 1. The second-order valence-corrected chi connectivity index (χ2v) is 9.43. The highest BCUT2D eigenvalue weighted by atomic mass is 35.5. The van der Waals surface area contributed by atoms with Crippen molar-refractivity contribution in [3.63, 3.8) is 0 Å². The molecule has 1 unspecified atom stereocenters. The Kier molecular flexibility index (Phi) is 6.23. The van der Waals surface area contributed by atoms with Gasteiger partial charge in [0.2, 0.25) is 0 Å². The van der Waals surface area contributed by atoms with Crippen LogP contribution >= 0.6 is 35.0 Å². The molecule has 4 rings (SSSR count). The van der Waals surface area contributed by atoms with E-state index in [1.807, 2.05) is 0 Å². The van der Waals surface area contributed by atoms with Crippen LogP contribution in [0.3, 0.4) is 0 Å². The molecule has 1 N–H and O–H groups in total. The van der Waals surface area contributed by atoms with Crippen molar-refractivity contribution in [2.45, 2.75) is 24.2 Å². The third-order valence-corrected chi connectivity index (χ3v) is 6.97. The van der Waals surface area contributed by atoms with Crippen molar-refractivity contribution in [3.05, 3.63) is 73.2 Å². The van der Waals surface area contributed by atoms with Crippen molar-refractivity contribution in [2.75, 3.05) is 11.5 Å². The third-order valence-electron chi connectivity index (χ3n) is 5.26. The van der Waals surface area contributed by atoms with Crippen molar-refractivity contribution in [1.29, 1.82) is 0 Å². The van der Waals surface area contributed by atoms with Gasteiger partial charge in [0.1, 0.15) is 5.56 Å². The van der Waals surface area contributed by atoms with E-state index in [4.69, 9.17) is 28.0 Å². The normalized spacial score (nSPS) is 20.6. The molecule has 33 heavy (non-hydrogen) atoms. The molecule has 0 saturated carbocycles. The van der Waals surface area contributed by atoms with Crippen LogP contribution in [0.5, 0.6) is 0 Å². The van der Waals surface area contributed by atoms with Crippen LogP contribution in [0.2, 0.25) is 10.0 Å². The summed E-state index contributed by atoms with van der Waals surface area (Å²) >= 11 is 13.4. The van der Waals surface area contributed by atoms with Crippen molar-refractivity contribution in [3.8, 4) is 0 Å². The van der Waals surface area contributed by atoms with Crippen LogP contribution in [0.1, 0.15) is 27.9 Å². The van der Waals surface area contributed by atoms with Gasteiger partial charge in [-0.05, 0) is 24.3 Å². The lowest BCUT2D eigenvalue weighted by Crippen LogP contribution is -2.44. The number of nitrogens with zero attached hydrogens (tertiary/aromatic N) is 2. The number of halogens is 5. The molecule has 2 heterocycles. The molecule has 0 bridgehead atoms. The fourth-order valence-electron chi connectivity index (χ4n) is 3.48. The zero-order valence-corrected chi connectivity index (χ0v) is 18.8. The van der Waals surface area contributed by atoms with Crippen LogP contribution in [0.25, 0.3) is 0 Å². The quantitative estimate of drug-likeness (QED) is 0.425. The number of benzene rings is 2. The molecule has 2 aromatic carbocycles. The number of nitrogens with one attached hydrogen (secondary N) is 1. The maximum Gasteiger partial charge on any atom is 0.435 e. The van der Waals surface area contributed by atoms with E-state index in [1.54, 1.807) is 11.8 Å². The van der Waals surface area contributed by atoms with E-state index in [-0.39, 0.29) is 38.5 Å². The van der Waals surface area contributed by atoms with Gasteiger partial charge in [0.05, 0.1) is 10.6 Å². The lowest BCUT2D eigenvalue weighted by molar-refractivity contribution is -0.385. The zero-order valence-electron chi connectivity index (χ0n) is 16.5. The van der Waals surface area contributed by atoms with Gasteiger partial charge in [-0.3, -0.25) is 14.9 Å². The average molecular weight is 520 g/mol. The summed E-state index contributed by atoms with van der Waals surface area (Å²) in [7, 11) is 0. The van der Waals surface area contributed by atoms with E-state index in [2.05, 4.69) is 10.5 Å². The van der Waals surface area contributed by atoms with E-state index in [9.17, 15) is 28.1 Å². The molecule has 1 fully saturated rings. The summed E-state index contributed by atoms with van der Waals surface area (Å²) in [5.74, 6) is 0.791. The van der Waals surface area contributed by atoms with Gasteiger partial charge in [-0.1, -0.05) is 34.4 Å². The van der Waals surface area contributed by atoms with Gasteiger partial charge in [-0.2, -0.15) is 24.9 Å². The molecule has 13 heteroatoms. The summed E-state index contributed by atoms with van der Waals surface area (Å²) in [4.78, 5) is 28.2. The molecule has 7 nitrogen and oxygen atoms in total. The van der Waals surface area contributed by atoms with Crippen LogP contribution in [0, 0.1) is 10.1 Å². The summed E-state index contributed by atoms with van der Waals surface area (Å²) < 4.78 is 42.4. The molecule has 2 aliphatic rings. The van der Waals surface area contributed by atoms with E-state index < -0.39 is 34.7 Å². The number of carbonyl (C=O) groups is 1. The number of alkyl halides is 3. The number of nitro benzene ring substituents is 1. The summed E-state index contributed by atoms with van der Waals surface area (Å²) in [6.07, 6.45) is -5.67. The van der Waals surface area contributed by atoms with Gasteiger partial charge in [0.25, 0.3) is 17.2 Å². The fraction of sp³-hybridized carbons (Fsp3) is 0.300. The van der Waals surface area contributed by atoms with Crippen LogP contribution in [-0.2, 0) is 10.4 Å². The molecule has 2 aromatic rings. The predicted octanol–water partition coefficient (Wildman–Crippen LogP) is 5.33. The molecule has 0 spiro atoms. The SMILES string of the molecule is O=C(NC1CSC1)c1ccc(C2=NOC(c3cc(Cl)cc(Cl)c3)(C(F)(F)F)C2)cc1[N+](=O)[O-]. The Balaban J connectivity index is 1.67. The van der Waals surface area contributed by atoms with Crippen molar-refractivity contribution < 1.29 is 27.7 Å². The monoisotopic (exact) mass is 519 g/mol. The molecule has 0 aromatic heterocycles.